The third-order valence-electron chi connectivity index (χ3n) is 2.83. The number of furan rings is 1. The van der Waals surface area contributed by atoms with Crippen LogP contribution >= 0.6 is 0 Å². The summed E-state index contributed by atoms with van der Waals surface area (Å²) in [5.74, 6) is 2.46. The Labute approximate surface area is 117 Å². The molecule has 0 saturated heterocycles. The first-order valence-electron chi connectivity index (χ1n) is 6.19. The predicted octanol–water partition coefficient (Wildman–Crippen LogP) is 2.54. The molecule has 2 aromatic rings. The van der Waals surface area contributed by atoms with Gasteiger partial charge in [0.2, 0.25) is 0 Å². The van der Waals surface area contributed by atoms with Crippen LogP contribution in [0, 0.1) is 6.92 Å². The van der Waals surface area contributed by atoms with Gasteiger partial charge in [-0.2, -0.15) is 0 Å². The first-order chi connectivity index (χ1) is 9.62. The molecule has 2 rings (SSSR count). The van der Waals surface area contributed by atoms with Crippen molar-refractivity contribution in [2.45, 2.75) is 13.5 Å². The zero-order valence-electron chi connectivity index (χ0n) is 11.7. The quantitative estimate of drug-likeness (QED) is 0.911. The van der Waals surface area contributed by atoms with E-state index >= 15 is 0 Å². The Bertz CT molecular complexity index is 581. The second-order valence-corrected chi connectivity index (χ2v) is 4.30. The molecule has 5 heteroatoms. The van der Waals surface area contributed by atoms with Crippen molar-refractivity contribution in [1.82, 2.24) is 5.32 Å². The van der Waals surface area contributed by atoms with Crippen molar-refractivity contribution >= 4 is 5.91 Å². The molecule has 0 aliphatic rings. The number of benzene rings is 1. The van der Waals surface area contributed by atoms with E-state index in [1.165, 1.54) is 0 Å². The molecule has 0 atom stereocenters. The second-order valence-electron chi connectivity index (χ2n) is 4.30. The summed E-state index contributed by atoms with van der Waals surface area (Å²) < 4.78 is 15.7. The number of ether oxygens (including phenoxy) is 2. The van der Waals surface area contributed by atoms with Gasteiger partial charge in [-0.25, -0.2) is 0 Å². The van der Waals surface area contributed by atoms with Crippen molar-refractivity contribution in [1.29, 1.82) is 0 Å². The van der Waals surface area contributed by atoms with Crippen LogP contribution in [0.25, 0.3) is 0 Å². The molecular weight excluding hydrogens is 258 g/mol. The molecule has 0 aliphatic carbocycles. The summed E-state index contributed by atoms with van der Waals surface area (Å²) in [6, 6.07) is 8.72. The maximum absolute atomic E-state index is 12.1. The van der Waals surface area contributed by atoms with Crippen LogP contribution < -0.4 is 14.8 Å². The topological polar surface area (TPSA) is 60.7 Å². The minimum atomic E-state index is -0.212. The number of carbonyl (C=O) groups excluding carboxylic acids is 1. The number of nitrogens with one attached hydrogen (secondary N) is 1. The van der Waals surface area contributed by atoms with Gasteiger partial charge in [0.15, 0.2) is 0 Å². The van der Waals surface area contributed by atoms with E-state index in [2.05, 4.69) is 5.32 Å². The van der Waals surface area contributed by atoms with E-state index in [1.807, 2.05) is 19.1 Å². The Kier molecular flexibility index (Phi) is 4.30. The van der Waals surface area contributed by atoms with Crippen LogP contribution in [0.5, 0.6) is 11.5 Å². The Balaban J connectivity index is 2.08. The highest BCUT2D eigenvalue weighted by molar-refractivity contribution is 5.95. The SMILES string of the molecule is COc1cc(OC)cc(C(=O)NCc2ccc(C)o2)c1. The van der Waals surface area contributed by atoms with Crippen LogP contribution in [-0.2, 0) is 6.54 Å². The third kappa shape index (κ3) is 3.32. The van der Waals surface area contributed by atoms with Crippen molar-refractivity contribution in [3.8, 4) is 11.5 Å². The van der Waals surface area contributed by atoms with Gasteiger partial charge in [0.1, 0.15) is 23.0 Å². The number of amides is 1. The first kappa shape index (κ1) is 14.0. The Hall–Kier alpha value is -2.43. The smallest absolute Gasteiger partial charge is 0.251 e. The molecule has 1 N–H and O–H groups in total. The molecule has 0 spiro atoms. The van der Waals surface area contributed by atoms with Gasteiger partial charge in [-0.1, -0.05) is 0 Å². The highest BCUT2D eigenvalue weighted by Gasteiger charge is 2.10. The molecule has 0 fully saturated rings. The van der Waals surface area contributed by atoms with Crippen molar-refractivity contribution in [3.63, 3.8) is 0 Å². The lowest BCUT2D eigenvalue weighted by Crippen LogP contribution is -2.22. The highest BCUT2D eigenvalue weighted by Crippen LogP contribution is 2.22. The first-order valence-corrected chi connectivity index (χ1v) is 6.19. The molecule has 1 aromatic carbocycles. The van der Waals surface area contributed by atoms with Crippen LogP contribution in [0.15, 0.2) is 34.7 Å². The van der Waals surface area contributed by atoms with Crippen molar-refractivity contribution in [2.75, 3.05) is 14.2 Å². The number of aryl methyl sites for hydroxylation is 1. The zero-order chi connectivity index (χ0) is 14.5. The second kappa shape index (κ2) is 6.14. The molecule has 0 aliphatic heterocycles. The Morgan fingerprint density at radius 3 is 2.30 bits per heavy atom. The number of rotatable bonds is 5. The summed E-state index contributed by atoms with van der Waals surface area (Å²) in [5.41, 5.74) is 0.476. The Morgan fingerprint density at radius 1 is 1.15 bits per heavy atom. The molecule has 106 valence electrons. The zero-order valence-corrected chi connectivity index (χ0v) is 11.7. The molecule has 1 amide bonds. The molecule has 0 unspecified atom stereocenters. The highest BCUT2D eigenvalue weighted by atomic mass is 16.5. The lowest BCUT2D eigenvalue weighted by molar-refractivity contribution is 0.0947. The molecule has 1 heterocycles. The van der Waals surface area contributed by atoms with Gasteiger partial charge in [-0.05, 0) is 31.2 Å². The van der Waals surface area contributed by atoms with Gasteiger partial charge in [-0.3, -0.25) is 4.79 Å². The summed E-state index contributed by atoms with van der Waals surface area (Å²) in [4.78, 5) is 12.1. The van der Waals surface area contributed by atoms with Gasteiger partial charge in [0, 0.05) is 11.6 Å². The fourth-order valence-corrected chi connectivity index (χ4v) is 1.79. The van der Waals surface area contributed by atoms with E-state index in [1.54, 1.807) is 32.4 Å². The molecular formula is C15H17NO4. The minimum Gasteiger partial charge on any atom is -0.497 e. The van der Waals surface area contributed by atoms with Crippen molar-refractivity contribution in [2.24, 2.45) is 0 Å². The van der Waals surface area contributed by atoms with Crippen LogP contribution in [0.1, 0.15) is 21.9 Å². The van der Waals surface area contributed by atoms with Gasteiger partial charge in [0.25, 0.3) is 5.91 Å². The number of carbonyl (C=O) groups is 1. The minimum absolute atomic E-state index is 0.212. The van der Waals surface area contributed by atoms with Gasteiger partial charge >= 0.3 is 0 Å². The molecule has 5 nitrogen and oxygen atoms in total. The maximum atomic E-state index is 12.1. The van der Waals surface area contributed by atoms with E-state index in [9.17, 15) is 4.79 Å². The Morgan fingerprint density at radius 2 is 1.80 bits per heavy atom. The normalized spacial score (nSPS) is 10.2. The van der Waals surface area contributed by atoms with E-state index in [0.717, 1.165) is 5.76 Å². The van der Waals surface area contributed by atoms with Crippen molar-refractivity contribution < 1.29 is 18.7 Å². The molecule has 0 saturated carbocycles. The fourth-order valence-electron chi connectivity index (χ4n) is 1.79. The van der Waals surface area contributed by atoms with Gasteiger partial charge < -0.3 is 19.2 Å². The third-order valence-corrected chi connectivity index (χ3v) is 2.83. The van der Waals surface area contributed by atoms with Gasteiger partial charge in [-0.15, -0.1) is 0 Å². The van der Waals surface area contributed by atoms with Crippen LogP contribution in [-0.4, -0.2) is 20.1 Å². The number of hydrogen-bond acceptors (Lipinski definition) is 4. The number of hydrogen-bond donors (Lipinski definition) is 1. The van der Waals surface area contributed by atoms with Crippen LogP contribution in [0.2, 0.25) is 0 Å². The van der Waals surface area contributed by atoms with E-state index in [-0.39, 0.29) is 5.91 Å². The standard InChI is InChI=1S/C15H17NO4/c1-10-4-5-12(20-10)9-16-15(17)11-6-13(18-2)8-14(7-11)19-3/h4-8H,9H2,1-3H3,(H,16,17). The van der Waals surface area contributed by atoms with E-state index in [4.69, 9.17) is 13.9 Å². The van der Waals surface area contributed by atoms with Crippen LogP contribution in [0.4, 0.5) is 0 Å². The summed E-state index contributed by atoms with van der Waals surface area (Å²) in [5, 5.41) is 2.79. The lowest BCUT2D eigenvalue weighted by atomic mass is 10.2. The summed E-state index contributed by atoms with van der Waals surface area (Å²) in [6.45, 7) is 2.20. The van der Waals surface area contributed by atoms with E-state index < -0.39 is 0 Å². The number of methoxy groups -OCH3 is 2. The maximum Gasteiger partial charge on any atom is 0.251 e. The monoisotopic (exact) mass is 275 g/mol. The largest absolute Gasteiger partial charge is 0.497 e. The summed E-state index contributed by atoms with van der Waals surface area (Å²) in [7, 11) is 3.09. The molecule has 0 bridgehead atoms. The average molecular weight is 275 g/mol. The average Bonchev–Trinajstić information content (AvgIpc) is 2.89. The molecule has 0 radical (unpaired) electrons. The van der Waals surface area contributed by atoms with Crippen molar-refractivity contribution in [3.05, 3.63) is 47.4 Å². The predicted molar refractivity (Wildman–Crippen MR) is 74.2 cm³/mol. The van der Waals surface area contributed by atoms with E-state index in [0.29, 0.717) is 29.4 Å². The van der Waals surface area contributed by atoms with Crippen LogP contribution in [0.3, 0.4) is 0 Å². The lowest BCUT2D eigenvalue weighted by Gasteiger charge is -2.08. The summed E-state index contributed by atoms with van der Waals surface area (Å²) >= 11 is 0. The summed E-state index contributed by atoms with van der Waals surface area (Å²) in [6.07, 6.45) is 0. The molecule has 20 heavy (non-hydrogen) atoms. The van der Waals surface area contributed by atoms with Gasteiger partial charge in [0.05, 0.1) is 20.8 Å². The molecule has 1 aromatic heterocycles. The fraction of sp³-hybridized carbons (Fsp3) is 0.267.